The van der Waals surface area contributed by atoms with Gasteiger partial charge in [0, 0.05) is 0 Å². The molecule has 1 heterocycles. The molecule has 1 saturated heterocycles. The minimum atomic E-state index is 0.494. The molecule has 50 valence electrons. The number of fused-ring (bicyclic) bond motifs is 1. The van der Waals surface area contributed by atoms with Crippen LogP contribution in [-0.4, -0.2) is 25.0 Å². The Morgan fingerprint density at radius 3 is 2.89 bits per heavy atom. The molecule has 0 N–H and O–H groups in total. The second-order valence-corrected chi connectivity index (χ2v) is 2.86. The van der Waals surface area contributed by atoms with Crippen LogP contribution in [0.4, 0.5) is 0 Å². The van der Waals surface area contributed by atoms with Gasteiger partial charge in [0.2, 0.25) is 0 Å². The Morgan fingerprint density at radius 1 is 1.33 bits per heavy atom. The largest absolute Gasteiger partial charge is 0.370 e. The Morgan fingerprint density at radius 2 is 2.22 bits per heavy atom. The first-order chi connectivity index (χ1) is 4.40. The Balaban J connectivity index is 1.93. The second kappa shape index (κ2) is 1.81. The SMILES string of the molecule is C=NC1CCC2OC2C1. The predicted octanol–water partition coefficient (Wildman–Crippen LogP) is 1.01. The normalized spacial score (nSPS) is 47.8. The first kappa shape index (κ1) is 5.42. The number of ether oxygens (including phenoxy) is 1. The molecule has 2 nitrogen and oxygen atoms in total. The molecule has 0 aromatic carbocycles. The third-order valence-corrected chi connectivity index (χ3v) is 2.23. The molecular weight excluding hydrogens is 114 g/mol. The maximum atomic E-state index is 5.32. The fraction of sp³-hybridized carbons (Fsp3) is 0.857. The summed E-state index contributed by atoms with van der Waals surface area (Å²) in [6, 6.07) is 0.494. The van der Waals surface area contributed by atoms with E-state index in [2.05, 4.69) is 11.7 Å². The van der Waals surface area contributed by atoms with Crippen molar-refractivity contribution < 1.29 is 4.74 Å². The van der Waals surface area contributed by atoms with E-state index in [1.807, 2.05) is 0 Å². The highest BCUT2D eigenvalue weighted by molar-refractivity contribution is 5.24. The van der Waals surface area contributed by atoms with Gasteiger partial charge in [0.1, 0.15) is 0 Å². The molecule has 2 aliphatic rings. The van der Waals surface area contributed by atoms with Gasteiger partial charge in [-0.25, -0.2) is 0 Å². The third kappa shape index (κ3) is 0.874. The molecule has 0 aromatic heterocycles. The van der Waals surface area contributed by atoms with Crippen molar-refractivity contribution in [3.8, 4) is 0 Å². The van der Waals surface area contributed by atoms with Crippen LogP contribution in [0.1, 0.15) is 19.3 Å². The minimum absolute atomic E-state index is 0.494. The van der Waals surface area contributed by atoms with Crippen molar-refractivity contribution in [2.45, 2.75) is 37.5 Å². The average molecular weight is 125 g/mol. The molecule has 1 aliphatic heterocycles. The van der Waals surface area contributed by atoms with Crippen molar-refractivity contribution >= 4 is 6.72 Å². The van der Waals surface area contributed by atoms with Crippen LogP contribution < -0.4 is 0 Å². The zero-order chi connectivity index (χ0) is 6.27. The molecule has 0 aromatic rings. The highest BCUT2D eigenvalue weighted by Crippen LogP contribution is 2.37. The summed E-state index contributed by atoms with van der Waals surface area (Å²) in [7, 11) is 0. The molecule has 0 spiro atoms. The van der Waals surface area contributed by atoms with Gasteiger partial charge in [-0.15, -0.1) is 0 Å². The lowest BCUT2D eigenvalue weighted by atomic mass is 9.96. The van der Waals surface area contributed by atoms with Crippen molar-refractivity contribution in [1.82, 2.24) is 0 Å². The van der Waals surface area contributed by atoms with Gasteiger partial charge in [0.05, 0.1) is 18.2 Å². The molecule has 1 aliphatic carbocycles. The summed E-state index contributed by atoms with van der Waals surface area (Å²) in [6.07, 6.45) is 4.66. The summed E-state index contributed by atoms with van der Waals surface area (Å²) in [6.45, 7) is 3.53. The van der Waals surface area contributed by atoms with E-state index in [0.29, 0.717) is 18.2 Å². The molecule has 1 saturated carbocycles. The summed E-state index contributed by atoms with van der Waals surface area (Å²) in [5.41, 5.74) is 0. The molecule has 0 amide bonds. The summed E-state index contributed by atoms with van der Waals surface area (Å²) >= 11 is 0. The highest BCUT2D eigenvalue weighted by Gasteiger charge is 2.43. The summed E-state index contributed by atoms with van der Waals surface area (Å²) in [5, 5.41) is 0. The van der Waals surface area contributed by atoms with Gasteiger partial charge < -0.3 is 4.74 Å². The van der Waals surface area contributed by atoms with Crippen LogP contribution >= 0.6 is 0 Å². The van der Waals surface area contributed by atoms with E-state index >= 15 is 0 Å². The number of aliphatic imine (C=N–C) groups is 1. The maximum Gasteiger partial charge on any atom is 0.0862 e. The molecule has 2 rings (SSSR count). The van der Waals surface area contributed by atoms with Gasteiger partial charge in [-0.2, -0.15) is 0 Å². The Labute approximate surface area is 54.9 Å². The third-order valence-electron chi connectivity index (χ3n) is 2.23. The second-order valence-electron chi connectivity index (χ2n) is 2.86. The molecule has 0 bridgehead atoms. The van der Waals surface area contributed by atoms with Gasteiger partial charge in [0.25, 0.3) is 0 Å². The summed E-state index contributed by atoms with van der Waals surface area (Å²) < 4.78 is 5.32. The average Bonchev–Trinajstić information content (AvgIpc) is 2.64. The maximum absolute atomic E-state index is 5.32. The lowest BCUT2D eigenvalue weighted by molar-refractivity contribution is 0.371. The van der Waals surface area contributed by atoms with Crippen LogP contribution in [0.15, 0.2) is 4.99 Å². The number of nitrogens with zero attached hydrogens (tertiary/aromatic N) is 1. The topological polar surface area (TPSA) is 24.9 Å². The highest BCUT2D eigenvalue weighted by atomic mass is 16.6. The summed E-state index contributed by atoms with van der Waals surface area (Å²) in [4.78, 5) is 3.99. The monoisotopic (exact) mass is 125 g/mol. The Kier molecular flexibility index (Phi) is 1.09. The zero-order valence-corrected chi connectivity index (χ0v) is 5.42. The van der Waals surface area contributed by atoms with Crippen molar-refractivity contribution in [2.24, 2.45) is 4.99 Å². The zero-order valence-electron chi connectivity index (χ0n) is 5.42. The van der Waals surface area contributed by atoms with Crippen LogP contribution in [0.5, 0.6) is 0 Å². The van der Waals surface area contributed by atoms with Gasteiger partial charge >= 0.3 is 0 Å². The minimum Gasteiger partial charge on any atom is -0.370 e. The molecular formula is C7H11NO. The van der Waals surface area contributed by atoms with E-state index in [9.17, 15) is 0 Å². The molecule has 2 heteroatoms. The first-order valence-corrected chi connectivity index (χ1v) is 3.51. The van der Waals surface area contributed by atoms with E-state index in [1.165, 1.54) is 12.8 Å². The van der Waals surface area contributed by atoms with Crippen molar-refractivity contribution in [1.29, 1.82) is 0 Å². The smallest absolute Gasteiger partial charge is 0.0862 e. The van der Waals surface area contributed by atoms with Crippen LogP contribution in [0.3, 0.4) is 0 Å². The predicted molar refractivity (Wildman–Crippen MR) is 35.8 cm³/mol. The molecule has 3 unspecified atom stereocenters. The number of hydrogen-bond donors (Lipinski definition) is 0. The lowest BCUT2D eigenvalue weighted by Gasteiger charge is -2.12. The van der Waals surface area contributed by atoms with E-state index < -0.39 is 0 Å². The number of hydrogen-bond acceptors (Lipinski definition) is 2. The fourth-order valence-corrected chi connectivity index (χ4v) is 1.55. The molecule has 3 atom stereocenters. The van der Waals surface area contributed by atoms with Crippen LogP contribution in [0.2, 0.25) is 0 Å². The lowest BCUT2D eigenvalue weighted by Crippen LogP contribution is -2.15. The fourth-order valence-electron chi connectivity index (χ4n) is 1.55. The van der Waals surface area contributed by atoms with Gasteiger partial charge in [-0.3, -0.25) is 4.99 Å². The van der Waals surface area contributed by atoms with Crippen molar-refractivity contribution in [3.63, 3.8) is 0 Å². The van der Waals surface area contributed by atoms with Gasteiger partial charge in [-0.05, 0) is 26.0 Å². The molecule has 0 radical (unpaired) electrons. The number of epoxide rings is 1. The van der Waals surface area contributed by atoms with Gasteiger partial charge in [-0.1, -0.05) is 0 Å². The van der Waals surface area contributed by atoms with E-state index in [0.717, 1.165) is 6.42 Å². The summed E-state index contributed by atoms with van der Waals surface area (Å²) in [5.74, 6) is 0. The van der Waals surface area contributed by atoms with E-state index in [-0.39, 0.29) is 0 Å². The molecule has 9 heavy (non-hydrogen) atoms. The van der Waals surface area contributed by atoms with E-state index in [4.69, 9.17) is 4.74 Å². The van der Waals surface area contributed by atoms with Crippen LogP contribution in [-0.2, 0) is 4.74 Å². The quantitative estimate of drug-likeness (QED) is 0.379. The van der Waals surface area contributed by atoms with Gasteiger partial charge in [0.15, 0.2) is 0 Å². The molecule has 2 fully saturated rings. The Bertz CT molecular complexity index is 135. The van der Waals surface area contributed by atoms with Crippen LogP contribution in [0.25, 0.3) is 0 Å². The number of rotatable bonds is 1. The Hall–Kier alpha value is -0.370. The van der Waals surface area contributed by atoms with Crippen LogP contribution in [0, 0.1) is 0 Å². The standard InChI is InChI=1S/C7H11NO/c1-8-5-2-3-6-7(4-5)9-6/h5-7H,1-4H2. The van der Waals surface area contributed by atoms with Crippen molar-refractivity contribution in [2.75, 3.05) is 0 Å². The van der Waals surface area contributed by atoms with Crippen molar-refractivity contribution in [3.05, 3.63) is 0 Å². The van der Waals surface area contributed by atoms with E-state index in [1.54, 1.807) is 0 Å². The first-order valence-electron chi connectivity index (χ1n) is 3.51.